The molecule has 0 aliphatic carbocycles. The Hall–Kier alpha value is -1.99. The van der Waals surface area contributed by atoms with Crippen LogP contribution >= 0.6 is 0 Å². The Bertz CT molecular complexity index is 668. The van der Waals surface area contributed by atoms with Gasteiger partial charge in [-0.1, -0.05) is 6.07 Å². The third kappa shape index (κ3) is 4.51. The molecule has 2 N–H and O–H groups in total. The summed E-state index contributed by atoms with van der Waals surface area (Å²) in [5, 5.41) is 0. The predicted molar refractivity (Wildman–Crippen MR) is 80.3 cm³/mol. The van der Waals surface area contributed by atoms with E-state index in [1.54, 1.807) is 36.4 Å². The van der Waals surface area contributed by atoms with Crippen molar-refractivity contribution in [3.8, 4) is 5.75 Å². The topological polar surface area (TPSA) is 85.8 Å². The second-order valence-electron chi connectivity index (χ2n) is 4.57. The summed E-state index contributed by atoms with van der Waals surface area (Å²) in [4.78, 5) is 0. The van der Waals surface area contributed by atoms with E-state index in [1.807, 2.05) is 0 Å². The normalized spacial score (nSPS) is 11.7. The molecule has 0 aliphatic heterocycles. The molecule has 1 aromatic carbocycles. The molecule has 2 aromatic rings. The molecule has 0 spiro atoms. The molecule has 7 heteroatoms. The van der Waals surface area contributed by atoms with E-state index in [1.165, 1.54) is 17.6 Å². The van der Waals surface area contributed by atoms with E-state index in [0.717, 1.165) is 0 Å². The molecule has 0 saturated carbocycles. The molecule has 0 radical (unpaired) electrons. The van der Waals surface area contributed by atoms with Gasteiger partial charge >= 0.3 is 0 Å². The summed E-state index contributed by atoms with van der Waals surface area (Å²) in [6.07, 6.45) is 1.51. The highest BCUT2D eigenvalue weighted by Crippen LogP contribution is 2.15. The zero-order valence-electron chi connectivity index (χ0n) is 11.7. The standard InChI is InChI=1S/C14H18N2O4S/c1-16(11-14-6-3-7-19-14)21(17,18)9-8-20-13-5-2-4-12(15)10-13/h2-7,10H,8-9,11,15H2,1H3. The summed E-state index contributed by atoms with van der Waals surface area (Å²) in [7, 11) is -1.89. The molecule has 2 rings (SSSR count). The number of rotatable bonds is 7. The van der Waals surface area contributed by atoms with Gasteiger partial charge < -0.3 is 14.9 Å². The maximum absolute atomic E-state index is 12.1. The van der Waals surface area contributed by atoms with Crippen LogP contribution in [0, 0.1) is 0 Å². The fourth-order valence-electron chi connectivity index (χ4n) is 1.75. The van der Waals surface area contributed by atoms with Gasteiger partial charge in [0.15, 0.2) is 0 Å². The molecule has 6 nitrogen and oxygen atoms in total. The lowest BCUT2D eigenvalue weighted by atomic mass is 10.3. The molecular weight excluding hydrogens is 292 g/mol. The summed E-state index contributed by atoms with van der Waals surface area (Å²) < 4.78 is 36.0. The third-order valence-electron chi connectivity index (χ3n) is 2.90. The molecule has 1 aromatic heterocycles. The van der Waals surface area contributed by atoms with Crippen molar-refractivity contribution in [1.82, 2.24) is 4.31 Å². The second kappa shape index (κ2) is 6.64. The van der Waals surface area contributed by atoms with Crippen molar-refractivity contribution in [3.63, 3.8) is 0 Å². The Morgan fingerprint density at radius 2 is 2.10 bits per heavy atom. The largest absolute Gasteiger partial charge is 0.492 e. The van der Waals surface area contributed by atoms with Crippen LogP contribution in [0.5, 0.6) is 5.75 Å². The zero-order chi connectivity index (χ0) is 15.3. The maximum Gasteiger partial charge on any atom is 0.217 e. The molecule has 0 aliphatic rings. The quantitative estimate of drug-likeness (QED) is 0.787. The van der Waals surface area contributed by atoms with Gasteiger partial charge in [0.25, 0.3) is 0 Å². The van der Waals surface area contributed by atoms with E-state index in [9.17, 15) is 8.42 Å². The number of ether oxygens (including phenoxy) is 1. The van der Waals surface area contributed by atoms with Crippen LogP contribution in [0.25, 0.3) is 0 Å². The fraction of sp³-hybridized carbons (Fsp3) is 0.286. The van der Waals surface area contributed by atoms with Gasteiger partial charge in [-0.25, -0.2) is 8.42 Å². The van der Waals surface area contributed by atoms with Crippen molar-refractivity contribution in [3.05, 3.63) is 48.4 Å². The van der Waals surface area contributed by atoms with E-state index >= 15 is 0 Å². The Labute approximate surface area is 124 Å². The van der Waals surface area contributed by atoms with Gasteiger partial charge in [-0.05, 0) is 24.3 Å². The molecule has 21 heavy (non-hydrogen) atoms. The number of furan rings is 1. The molecule has 0 saturated heterocycles. The van der Waals surface area contributed by atoms with Gasteiger partial charge in [0, 0.05) is 18.8 Å². The summed E-state index contributed by atoms with van der Waals surface area (Å²) in [5.41, 5.74) is 6.20. The number of hydrogen-bond donors (Lipinski definition) is 1. The molecular formula is C14H18N2O4S. The zero-order valence-corrected chi connectivity index (χ0v) is 12.5. The van der Waals surface area contributed by atoms with Crippen LogP contribution in [0.3, 0.4) is 0 Å². The molecule has 0 unspecified atom stereocenters. The van der Waals surface area contributed by atoms with Gasteiger partial charge in [-0.2, -0.15) is 4.31 Å². The second-order valence-corrected chi connectivity index (χ2v) is 6.77. The van der Waals surface area contributed by atoms with Crippen LogP contribution in [-0.4, -0.2) is 32.1 Å². The van der Waals surface area contributed by atoms with Crippen molar-refractivity contribution in [1.29, 1.82) is 0 Å². The van der Waals surface area contributed by atoms with E-state index in [2.05, 4.69) is 0 Å². The highest BCUT2D eigenvalue weighted by atomic mass is 32.2. The van der Waals surface area contributed by atoms with E-state index in [-0.39, 0.29) is 18.9 Å². The SMILES string of the molecule is CN(Cc1ccco1)S(=O)(=O)CCOc1cccc(N)c1. The van der Waals surface area contributed by atoms with Crippen molar-refractivity contribution in [2.45, 2.75) is 6.54 Å². The van der Waals surface area contributed by atoms with Crippen LogP contribution in [0.15, 0.2) is 47.1 Å². The molecule has 0 amide bonds. The summed E-state index contributed by atoms with van der Waals surface area (Å²) in [6.45, 7) is 0.266. The van der Waals surface area contributed by atoms with Crippen LogP contribution in [-0.2, 0) is 16.6 Å². The lowest BCUT2D eigenvalue weighted by Gasteiger charge is -2.16. The molecule has 0 atom stereocenters. The molecule has 0 bridgehead atoms. The number of nitrogens with two attached hydrogens (primary N) is 1. The van der Waals surface area contributed by atoms with Crippen molar-refractivity contribution in [2.75, 3.05) is 25.1 Å². The highest BCUT2D eigenvalue weighted by molar-refractivity contribution is 7.89. The third-order valence-corrected chi connectivity index (χ3v) is 4.66. The van der Waals surface area contributed by atoms with Gasteiger partial charge in [-0.15, -0.1) is 0 Å². The highest BCUT2D eigenvalue weighted by Gasteiger charge is 2.19. The Kier molecular flexibility index (Phi) is 4.87. The van der Waals surface area contributed by atoms with Crippen LogP contribution in [0.2, 0.25) is 0 Å². The van der Waals surface area contributed by atoms with Gasteiger partial charge in [0.1, 0.15) is 18.1 Å². The van der Waals surface area contributed by atoms with Crippen LogP contribution in [0.1, 0.15) is 5.76 Å². The first-order chi connectivity index (χ1) is 9.97. The van der Waals surface area contributed by atoms with Gasteiger partial charge in [0.2, 0.25) is 10.0 Å². The van der Waals surface area contributed by atoms with E-state index in [0.29, 0.717) is 17.2 Å². The first kappa shape index (κ1) is 15.4. The Morgan fingerprint density at radius 3 is 2.76 bits per heavy atom. The monoisotopic (exact) mass is 310 g/mol. The van der Waals surface area contributed by atoms with Crippen molar-refractivity contribution in [2.24, 2.45) is 0 Å². The van der Waals surface area contributed by atoms with Crippen LogP contribution < -0.4 is 10.5 Å². The fourth-order valence-corrected chi connectivity index (χ4v) is 2.67. The van der Waals surface area contributed by atoms with Crippen molar-refractivity contribution >= 4 is 15.7 Å². The minimum atomic E-state index is -3.40. The lowest BCUT2D eigenvalue weighted by molar-refractivity contribution is 0.335. The summed E-state index contributed by atoms with van der Waals surface area (Å²) >= 11 is 0. The van der Waals surface area contributed by atoms with E-state index in [4.69, 9.17) is 14.9 Å². The molecule has 114 valence electrons. The maximum atomic E-state index is 12.1. The van der Waals surface area contributed by atoms with Gasteiger partial charge in [-0.3, -0.25) is 0 Å². The number of benzene rings is 1. The Balaban J connectivity index is 1.86. The summed E-state index contributed by atoms with van der Waals surface area (Å²) in [5.74, 6) is 1.04. The van der Waals surface area contributed by atoms with Gasteiger partial charge in [0.05, 0.1) is 18.6 Å². The first-order valence-electron chi connectivity index (χ1n) is 6.42. The summed E-state index contributed by atoms with van der Waals surface area (Å²) in [6, 6.07) is 10.3. The number of hydrogen-bond acceptors (Lipinski definition) is 5. The lowest BCUT2D eigenvalue weighted by Crippen LogP contribution is -2.30. The van der Waals surface area contributed by atoms with E-state index < -0.39 is 10.0 Å². The number of nitrogens with zero attached hydrogens (tertiary/aromatic N) is 1. The Morgan fingerprint density at radius 1 is 1.29 bits per heavy atom. The minimum absolute atomic E-state index is 0.0638. The predicted octanol–water partition coefficient (Wildman–Crippen LogP) is 1.70. The van der Waals surface area contributed by atoms with Crippen LogP contribution in [0.4, 0.5) is 5.69 Å². The molecule has 1 heterocycles. The minimum Gasteiger partial charge on any atom is -0.492 e. The number of sulfonamides is 1. The number of anilines is 1. The average molecular weight is 310 g/mol. The first-order valence-corrected chi connectivity index (χ1v) is 8.03. The smallest absolute Gasteiger partial charge is 0.217 e. The average Bonchev–Trinajstić information content (AvgIpc) is 2.91. The molecule has 0 fully saturated rings. The number of nitrogen functional groups attached to an aromatic ring is 1. The van der Waals surface area contributed by atoms with Crippen molar-refractivity contribution < 1.29 is 17.6 Å².